The van der Waals surface area contributed by atoms with Gasteiger partial charge >= 0.3 is 0 Å². The molecule has 3 nitrogen and oxygen atoms in total. The zero-order valence-corrected chi connectivity index (χ0v) is 9.43. The molecular weight excluding hydrogens is 210 g/mol. The fourth-order valence-electron chi connectivity index (χ4n) is 1.85. The van der Waals surface area contributed by atoms with Gasteiger partial charge in [-0.2, -0.15) is 0 Å². The number of aromatic nitrogens is 1. The molecule has 0 aromatic carbocycles. The van der Waals surface area contributed by atoms with E-state index in [1.165, 1.54) is 19.3 Å². The van der Waals surface area contributed by atoms with Gasteiger partial charge in [-0.25, -0.2) is 4.98 Å². The highest BCUT2D eigenvalue weighted by Gasteiger charge is 2.12. The van der Waals surface area contributed by atoms with E-state index < -0.39 is 0 Å². The molecular formula is C11H16ClN3. The highest BCUT2D eigenvalue weighted by atomic mass is 35.5. The summed E-state index contributed by atoms with van der Waals surface area (Å²) in [5.74, 6) is 0. The van der Waals surface area contributed by atoms with Crippen LogP contribution in [0.25, 0.3) is 0 Å². The van der Waals surface area contributed by atoms with E-state index in [1.54, 1.807) is 6.20 Å². The summed E-state index contributed by atoms with van der Waals surface area (Å²) in [7, 11) is 0. The Hall–Kier alpha value is -0.800. The Morgan fingerprint density at radius 1 is 1.53 bits per heavy atom. The molecule has 2 heterocycles. The van der Waals surface area contributed by atoms with Crippen molar-refractivity contribution in [2.45, 2.75) is 25.3 Å². The molecule has 2 rings (SSSR count). The van der Waals surface area contributed by atoms with Crippen LogP contribution in [0.15, 0.2) is 18.3 Å². The van der Waals surface area contributed by atoms with Crippen LogP contribution in [0, 0.1) is 0 Å². The lowest BCUT2D eigenvalue weighted by Crippen LogP contribution is -2.39. The van der Waals surface area contributed by atoms with Crippen molar-refractivity contribution in [1.82, 2.24) is 10.3 Å². The summed E-state index contributed by atoms with van der Waals surface area (Å²) in [6, 6.07) is 4.41. The van der Waals surface area contributed by atoms with Gasteiger partial charge in [0.1, 0.15) is 0 Å². The number of halogens is 1. The molecule has 2 N–H and O–H groups in total. The number of hydrogen-bond donors (Lipinski definition) is 2. The van der Waals surface area contributed by atoms with Gasteiger partial charge < -0.3 is 10.6 Å². The van der Waals surface area contributed by atoms with Gasteiger partial charge in [0.15, 0.2) is 5.15 Å². The Kier molecular flexibility index (Phi) is 3.80. The first kappa shape index (κ1) is 10.7. The molecule has 0 aliphatic carbocycles. The van der Waals surface area contributed by atoms with Crippen LogP contribution in [0.3, 0.4) is 0 Å². The Labute approximate surface area is 95.2 Å². The maximum absolute atomic E-state index is 5.95. The first-order valence-corrected chi connectivity index (χ1v) is 5.82. The normalized spacial score (nSPS) is 21.3. The molecule has 1 saturated heterocycles. The third kappa shape index (κ3) is 3.08. The van der Waals surface area contributed by atoms with Crippen molar-refractivity contribution in [3.8, 4) is 0 Å². The van der Waals surface area contributed by atoms with E-state index in [9.17, 15) is 0 Å². The zero-order valence-electron chi connectivity index (χ0n) is 8.67. The van der Waals surface area contributed by atoms with Gasteiger partial charge in [-0.05, 0) is 31.5 Å². The Morgan fingerprint density at radius 3 is 3.20 bits per heavy atom. The zero-order chi connectivity index (χ0) is 10.5. The Balaban J connectivity index is 1.84. The first-order chi connectivity index (χ1) is 7.36. The molecule has 0 spiro atoms. The molecule has 1 aliphatic rings. The Bertz CT molecular complexity index is 310. The van der Waals surface area contributed by atoms with Crippen LogP contribution in [0.2, 0.25) is 5.15 Å². The molecule has 0 amide bonds. The van der Waals surface area contributed by atoms with Gasteiger partial charge in [0.25, 0.3) is 0 Å². The summed E-state index contributed by atoms with van der Waals surface area (Å²) in [5, 5.41) is 7.36. The summed E-state index contributed by atoms with van der Waals surface area (Å²) < 4.78 is 0. The Morgan fingerprint density at radius 2 is 2.47 bits per heavy atom. The summed E-state index contributed by atoms with van der Waals surface area (Å²) >= 11 is 5.95. The van der Waals surface area contributed by atoms with E-state index in [-0.39, 0.29) is 0 Å². The highest BCUT2D eigenvalue weighted by molar-refractivity contribution is 6.31. The van der Waals surface area contributed by atoms with E-state index in [0.717, 1.165) is 18.8 Å². The number of rotatable bonds is 3. The fourth-order valence-corrected chi connectivity index (χ4v) is 2.04. The molecule has 0 bridgehead atoms. The number of anilines is 1. The van der Waals surface area contributed by atoms with Crippen molar-refractivity contribution in [1.29, 1.82) is 0 Å². The molecule has 0 radical (unpaired) electrons. The lowest BCUT2D eigenvalue weighted by molar-refractivity contribution is 0.414. The van der Waals surface area contributed by atoms with Crippen molar-refractivity contribution in [2.24, 2.45) is 0 Å². The molecule has 1 aliphatic heterocycles. The maximum atomic E-state index is 5.95. The van der Waals surface area contributed by atoms with Crippen LogP contribution < -0.4 is 10.6 Å². The van der Waals surface area contributed by atoms with Crippen LogP contribution in [0.4, 0.5) is 5.69 Å². The number of pyridine rings is 1. The third-order valence-corrected chi connectivity index (χ3v) is 3.01. The average molecular weight is 226 g/mol. The van der Waals surface area contributed by atoms with Gasteiger partial charge in [0.2, 0.25) is 0 Å². The minimum Gasteiger partial charge on any atom is -0.381 e. The largest absolute Gasteiger partial charge is 0.381 e. The molecule has 4 heteroatoms. The standard InChI is InChI=1S/C11H16ClN3/c12-11-10(5-3-7-14-11)15-8-9-4-1-2-6-13-9/h3,5,7,9,13,15H,1-2,4,6,8H2. The molecule has 1 aromatic rings. The minimum atomic E-state index is 0.549. The van der Waals surface area contributed by atoms with Gasteiger partial charge in [0, 0.05) is 18.8 Å². The average Bonchev–Trinajstić information content (AvgIpc) is 2.29. The number of nitrogens with zero attached hydrogens (tertiary/aromatic N) is 1. The first-order valence-electron chi connectivity index (χ1n) is 5.44. The molecule has 1 aromatic heterocycles. The maximum Gasteiger partial charge on any atom is 0.152 e. The molecule has 82 valence electrons. The molecule has 1 unspecified atom stereocenters. The van der Waals surface area contributed by atoms with Crippen LogP contribution in [0.1, 0.15) is 19.3 Å². The summed E-state index contributed by atoms with van der Waals surface area (Å²) in [6.45, 7) is 2.05. The topological polar surface area (TPSA) is 37.0 Å². The monoisotopic (exact) mass is 225 g/mol. The lowest BCUT2D eigenvalue weighted by Gasteiger charge is -2.24. The second-order valence-corrected chi connectivity index (χ2v) is 4.23. The smallest absolute Gasteiger partial charge is 0.152 e. The van der Waals surface area contributed by atoms with Crippen molar-refractivity contribution in [3.05, 3.63) is 23.5 Å². The molecule has 1 fully saturated rings. The predicted molar refractivity (Wildman–Crippen MR) is 63.4 cm³/mol. The van der Waals surface area contributed by atoms with Crippen molar-refractivity contribution >= 4 is 17.3 Å². The van der Waals surface area contributed by atoms with Gasteiger partial charge in [0.05, 0.1) is 5.69 Å². The summed E-state index contributed by atoms with van der Waals surface area (Å²) in [6.07, 6.45) is 5.56. The molecule has 0 saturated carbocycles. The van der Waals surface area contributed by atoms with Crippen LogP contribution in [0.5, 0.6) is 0 Å². The fraction of sp³-hybridized carbons (Fsp3) is 0.545. The summed E-state index contributed by atoms with van der Waals surface area (Å²) in [5.41, 5.74) is 0.923. The van der Waals surface area contributed by atoms with Crippen molar-refractivity contribution in [3.63, 3.8) is 0 Å². The second-order valence-electron chi connectivity index (χ2n) is 3.87. The highest BCUT2D eigenvalue weighted by Crippen LogP contribution is 2.17. The minimum absolute atomic E-state index is 0.549. The molecule has 1 atom stereocenters. The predicted octanol–water partition coefficient (Wildman–Crippen LogP) is 2.29. The lowest BCUT2D eigenvalue weighted by atomic mass is 10.1. The third-order valence-electron chi connectivity index (χ3n) is 2.71. The van der Waals surface area contributed by atoms with Gasteiger partial charge in [-0.1, -0.05) is 18.0 Å². The van der Waals surface area contributed by atoms with Crippen LogP contribution in [-0.2, 0) is 0 Å². The van der Waals surface area contributed by atoms with E-state index in [4.69, 9.17) is 11.6 Å². The van der Waals surface area contributed by atoms with E-state index >= 15 is 0 Å². The summed E-state index contributed by atoms with van der Waals surface area (Å²) in [4.78, 5) is 4.03. The number of piperidine rings is 1. The second kappa shape index (κ2) is 5.33. The number of nitrogens with one attached hydrogen (secondary N) is 2. The van der Waals surface area contributed by atoms with E-state index in [2.05, 4.69) is 15.6 Å². The van der Waals surface area contributed by atoms with Crippen molar-refractivity contribution in [2.75, 3.05) is 18.4 Å². The van der Waals surface area contributed by atoms with E-state index in [0.29, 0.717) is 11.2 Å². The number of hydrogen-bond acceptors (Lipinski definition) is 3. The van der Waals surface area contributed by atoms with Gasteiger partial charge in [-0.3, -0.25) is 0 Å². The van der Waals surface area contributed by atoms with Crippen LogP contribution in [-0.4, -0.2) is 24.1 Å². The van der Waals surface area contributed by atoms with E-state index in [1.807, 2.05) is 12.1 Å². The van der Waals surface area contributed by atoms with Crippen LogP contribution >= 0.6 is 11.6 Å². The molecule has 15 heavy (non-hydrogen) atoms. The quantitative estimate of drug-likeness (QED) is 0.776. The van der Waals surface area contributed by atoms with Gasteiger partial charge in [-0.15, -0.1) is 0 Å². The SMILES string of the molecule is Clc1ncccc1NCC1CCCCN1. The van der Waals surface area contributed by atoms with Crippen molar-refractivity contribution < 1.29 is 0 Å².